The van der Waals surface area contributed by atoms with E-state index in [1.54, 1.807) is 45.1 Å². The fourth-order valence-corrected chi connectivity index (χ4v) is 7.26. The van der Waals surface area contributed by atoms with E-state index in [2.05, 4.69) is 13.2 Å². The van der Waals surface area contributed by atoms with Crippen LogP contribution in [0.3, 0.4) is 0 Å². The number of fused-ring (bicyclic) bond motifs is 1. The Hall–Kier alpha value is -3.46. The number of nitrogens with zero attached hydrogens (tertiary/aromatic N) is 3. The maximum absolute atomic E-state index is 14.6. The number of hydrogen-bond donors (Lipinski definition) is 1. The van der Waals surface area contributed by atoms with Gasteiger partial charge >= 0.3 is 0 Å². The zero-order chi connectivity index (χ0) is 29.9. The highest BCUT2D eigenvalue weighted by molar-refractivity contribution is 6.34. The monoisotopic (exact) mass is 591 g/mol. The molecule has 5 rings (SSSR count). The average molecular weight is 592 g/mol. The minimum Gasteiger partial charge on any atom is -0.396 e. The molecule has 0 radical (unpaired) electrons. The molecule has 0 aromatic heterocycles. The molecule has 9 heteroatoms. The summed E-state index contributed by atoms with van der Waals surface area (Å²) in [4.78, 5) is 48.0. The molecule has 3 amide bonds. The van der Waals surface area contributed by atoms with Crippen LogP contribution in [0.1, 0.15) is 32.1 Å². The van der Waals surface area contributed by atoms with Crippen molar-refractivity contribution in [3.8, 4) is 0 Å². The van der Waals surface area contributed by atoms with Crippen LogP contribution in [-0.2, 0) is 19.1 Å². The highest BCUT2D eigenvalue weighted by atomic mass is 35.5. The van der Waals surface area contributed by atoms with Crippen molar-refractivity contribution in [2.45, 2.75) is 49.9 Å². The van der Waals surface area contributed by atoms with Crippen LogP contribution in [0.2, 0.25) is 5.02 Å². The molecule has 3 fully saturated rings. The summed E-state index contributed by atoms with van der Waals surface area (Å²) in [7, 11) is 0. The Morgan fingerprint density at radius 3 is 2.38 bits per heavy atom. The van der Waals surface area contributed by atoms with Crippen molar-refractivity contribution in [2.75, 3.05) is 36.0 Å². The highest BCUT2D eigenvalue weighted by Gasteiger charge is 2.75. The molecule has 8 nitrogen and oxygen atoms in total. The van der Waals surface area contributed by atoms with Crippen LogP contribution < -0.4 is 9.80 Å². The molecular weight excluding hydrogens is 554 g/mol. The lowest BCUT2D eigenvalue weighted by atomic mass is 9.70. The lowest BCUT2D eigenvalue weighted by molar-refractivity contribution is -0.140. The van der Waals surface area contributed by atoms with Crippen LogP contribution in [0.5, 0.6) is 0 Å². The number of aliphatic hydroxyl groups is 1. The van der Waals surface area contributed by atoms with Gasteiger partial charge in [0.2, 0.25) is 11.8 Å². The summed E-state index contributed by atoms with van der Waals surface area (Å²) in [6.07, 6.45) is 5.82. The smallest absolute Gasteiger partial charge is 0.253 e. The van der Waals surface area contributed by atoms with Gasteiger partial charge in [0.05, 0.1) is 28.6 Å². The number of amides is 3. The number of carbonyl (C=O) groups is 3. The fourth-order valence-electron chi connectivity index (χ4n) is 7.02. The average Bonchev–Trinajstić information content (AvgIpc) is 3.64. The summed E-state index contributed by atoms with van der Waals surface area (Å²) in [6, 6.07) is 15.5. The SMILES string of the molecule is C=CCN(C(=O)[C@@H]1[C@H]2C(=O)N(CCCCCO)C(C(=O)N(CC=C)c3ccccc3Cl)C23CC[C@H]1O3)c1ccccc1. The summed E-state index contributed by atoms with van der Waals surface area (Å²) >= 11 is 6.54. The fraction of sp³-hybridized carbons (Fsp3) is 0.424. The van der Waals surface area contributed by atoms with E-state index < -0.39 is 29.6 Å². The Bertz CT molecular complexity index is 1340. The molecule has 42 heavy (non-hydrogen) atoms. The number of halogens is 1. The van der Waals surface area contributed by atoms with Crippen LogP contribution in [0.15, 0.2) is 79.9 Å². The minimum absolute atomic E-state index is 0.0580. The second kappa shape index (κ2) is 12.8. The predicted molar refractivity (Wildman–Crippen MR) is 163 cm³/mol. The van der Waals surface area contributed by atoms with Gasteiger partial charge in [0.1, 0.15) is 11.6 Å². The lowest BCUT2D eigenvalue weighted by Gasteiger charge is -2.37. The number of carbonyl (C=O) groups excluding carboxylic acids is 3. The van der Waals surface area contributed by atoms with Gasteiger partial charge in [-0.2, -0.15) is 0 Å². The Morgan fingerprint density at radius 1 is 1.00 bits per heavy atom. The van der Waals surface area contributed by atoms with E-state index in [4.69, 9.17) is 16.3 Å². The predicted octanol–water partition coefficient (Wildman–Crippen LogP) is 4.62. The van der Waals surface area contributed by atoms with E-state index in [-0.39, 0.29) is 37.4 Å². The number of aliphatic hydroxyl groups excluding tert-OH is 1. The van der Waals surface area contributed by atoms with E-state index in [0.29, 0.717) is 55.0 Å². The first-order valence-corrected chi connectivity index (χ1v) is 15.0. The van der Waals surface area contributed by atoms with Crippen LogP contribution >= 0.6 is 11.6 Å². The minimum atomic E-state index is -1.13. The van der Waals surface area contributed by atoms with Crippen molar-refractivity contribution in [3.05, 3.63) is 84.9 Å². The second-order valence-electron chi connectivity index (χ2n) is 11.1. The molecule has 3 saturated heterocycles. The first kappa shape index (κ1) is 30.0. The van der Waals surface area contributed by atoms with E-state index in [1.807, 2.05) is 36.4 Å². The molecule has 2 aromatic rings. The number of hydrogen-bond acceptors (Lipinski definition) is 5. The number of ether oxygens (including phenoxy) is 1. The molecule has 2 bridgehead atoms. The molecule has 222 valence electrons. The summed E-state index contributed by atoms with van der Waals surface area (Å²) in [5, 5.41) is 9.71. The normalized spacial score (nSPS) is 25.8. The number of para-hydroxylation sites is 2. The van der Waals surface area contributed by atoms with Crippen molar-refractivity contribution in [1.29, 1.82) is 0 Å². The standard InChI is InChI=1S/C33H38ClN3O5/c1-3-19-35(23-13-7-5-8-14-23)30(39)27-26-17-18-33(42-26)28(27)31(40)37(21-11-6-12-22-38)29(33)32(41)36(20-4-2)25-16-10-9-15-24(25)34/h3-5,7-10,13-16,26-29,38H,1-2,6,11-12,17-22H2/t26-,27+,28+,29?,33?/m1/s1. The van der Waals surface area contributed by atoms with Crippen LogP contribution in [0.4, 0.5) is 11.4 Å². The summed E-state index contributed by atoms with van der Waals surface area (Å²) in [5.41, 5.74) is 0.111. The van der Waals surface area contributed by atoms with Crippen LogP contribution in [0.25, 0.3) is 0 Å². The number of unbranched alkanes of at least 4 members (excludes halogenated alkanes) is 2. The van der Waals surface area contributed by atoms with Crippen molar-refractivity contribution in [2.24, 2.45) is 11.8 Å². The zero-order valence-electron chi connectivity index (χ0n) is 23.7. The van der Waals surface area contributed by atoms with Crippen LogP contribution in [0, 0.1) is 11.8 Å². The zero-order valence-corrected chi connectivity index (χ0v) is 24.5. The topological polar surface area (TPSA) is 90.4 Å². The number of anilines is 2. The van der Waals surface area contributed by atoms with Gasteiger partial charge in [0.25, 0.3) is 5.91 Å². The van der Waals surface area contributed by atoms with Gasteiger partial charge in [-0.3, -0.25) is 14.4 Å². The molecule has 0 saturated carbocycles. The highest BCUT2D eigenvalue weighted by Crippen LogP contribution is 2.59. The third-order valence-electron chi connectivity index (χ3n) is 8.74. The van der Waals surface area contributed by atoms with Gasteiger partial charge in [0.15, 0.2) is 0 Å². The van der Waals surface area contributed by atoms with E-state index in [0.717, 1.165) is 0 Å². The Morgan fingerprint density at radius 2 is 1.69 bits per heavy atom. The second-order valence-corrected chi connectivity index (χ2v) is 11.5. The molecule has 1 spiro atoms. The summed E-state index contributed by atoms with van der Waals surface area (Å²) in [5.74, 6) is -2.25. The molecule has 5 atom stereocenters. The largest absolute Gasteiger partial charge is 0.396 e. The first-order valence-electron chi connectivity index (χ1n) is 14.6. The Kier molecular flexibility index (Phi) is 9.16. The molecule has 1 N–H and O–H groups in total. The third-order valence-corrected chi connectivity index (χ3v) is 9.06. The summed E-state index contributed by atoms with van der Waals surface area (Å²) in [6.45, 7) is 8.55. The Labute approximate surface area is 252 Å². The third kappa shape index (κ3) is 5.16. The molecule has 2 unspecified atom stereocenters. The van der Waals surface area contributed by atoms with Gasteiger partial charge in [-0.1, -0.05) is 54.1 Å². The van der Waals surface area contributed by atoms with Crippen molar-refractivity contribution in [3.63, 3.8) is 0 Å². The van der Waals surface area contributed by atoms with Gasteiger partial charge < -0.3 is 24.5 Å². The van der Waals surface area contributed by atoms with Crippen LogP contribution in [-0.4, -0.2) is 71.7 Å². The van der Waals surface area contributed by atoms with E-state index in [1.165, 1.54) is 0 Å². The maximum atomic E-state index is 14.6. The van der Waals surface area contributed by atoms with E-state index in [9.17, 15) is 19.5 Å². The number of benzene rings is 2. The van der Waals surface area contributed by atoms with Crippen molar-refractivity contribution >= 4 is 40.7 Å². The maximum Gasteiger partial charge on any atom is 0.253 e. The van der Waals surface area contributed by atoms with Gasteiger partial charge in [-0.15, -0.1) is 13.2 Å². The van der Waals surface area contributed by atoms with Gasteiger partial charge in [-0.05, 0) is 56.4 Å². The molecule has 3 heterocycles. The first-order chi connectivity index (χ1) is 20.4. The number of rotatable bonds is 13. The van der Waals surface area contributed by atoms with Crippen molar-refractivity contribution < 1.29 is 24.2 Å². The quantitative estimate of drug-likeness (QED) is 0.271. The molecule has 2 aromatic carbocycles. The molecule has 3 aliphatic rings. The lowest BCUT2D eigenvalue weighted by Crippen LogP contribution is -2.56. The van der Waals surface area contributed by atoms with Gasteiger partial charge in [-0.25, -0.2) is 0 Å². The van der Waals surface area contributed by atoms with E-state index >= 15 is 0 Å². The Balaban J connectivity index is 1.54. The van der Waals surface area contributed by atoms with Gasteiger partial charge in [0, 0.05) is 31.9 Å². The number of likely N-dealkylation sites (tertiary alicyclic amines) is 1. The van der Waals surface area contributed by atoms with Crippen molar-refractivity contribution in [1.82, 2.24) is 4.90 Å². The molecular formula is C33H38ClN3O5. The molecule has 0 aliphatic carbocycles. The molecule has 3 aliphatic heterocycles. The summed E-state index contributed by atoms with van der Waals surface area (Å²) < 4.78 is 6.66.